The summed E-state index contributed by atoms with van der Waals surface area (Å²) in [7, 11) is 7.80. The Morgan fingerprint density at radius 3 is 1.75 bits per heavy atom. The zero-order chi connectivity index (χ0) is 26.1. The van der Waals surface area contributed by atoms with Gasteiger partial charge in [0.05, 0.1) is 35.5 Å². The van der Waals surface area contributed by atoms with E-state index in [4.69, 9.17) is 29.4 Å². The van der Waals surface area contributed by atoms with E-state index in [9.17, 15) is 4.79 Å². The van der Waals surface area contributed by atoms with Gasteiger partial charge in [-0.25, -0.2) is 0 Å². The predicted octanol–water partition coefficient (Wildman–Crippen LogP) is 5.46. The number of aliphatic imine (C=N–C) groups is 1. The van der Waals surface area contributed by atoms with Crippen LogP contribution in [0.15, 0.2) is 53.5 Å². The summed E-state index contributed by atoms with van der Waals surface area (Å²) >= 11 is 0. The van der Waals surface area contributed by atoms with E-state index in [1.165, 1.54) is 0 Å². The van der Waals surface area contributed by atoms with Gasteiger partial charge in [-0.15, -0.1) is 0 Å². The van der Waals surface area contributed by atoms with Crippen LogP contribution in [0.3, 0.4) is 0 Å². The molecule has 2 N–H and O–H groups in total. The normalized spacial score (nSPS) is 11.0. The molecule has 0 atom stereocenters. The zero-order valence-electron chi connectivity index (χ0n) is 21.0. The maximum absolute atomic E-state index is 12.5. The number of rotatable bonds is 11. The molecule has 8 nitrogen and oxygen atoms in total. The van der Waals surface area contributed by atoms with E-state index >= 15 is 0 Å². The van der Waals surface area contributed by atoms with Crippen LogP contribution in [0.25, 0.3) is 12.2 Å². The monoisotopic (exact) mass is 490 g/mol. The average molecular weight is 491 g/mol. The van der Waals surface area contributed by atoms with Gasteiger partial charge in [0.15, 0.2) is 28.8 Å². The largest absolute Gasteiger partial charge is 0.493 e. The van der Waals surface area contributed by atoms with E-state index in [2.05, 4.69) is 4.99 Å². The summed E-state index contributed by atoms with van der Waals surface area (Å²) in [5, 5.41) is 0. The molecule has 0 aliphatic rings. The Hall–Kier alpha value is -4.46. The van der Waals surface area contributed by atoms with Crippen LogP contribution in [0.5, 0.6) is 28.7 Å². The van der Waals surface area contributed by atoms with Crippen LogP contribution >= 0.6 is 0 Å². The van der Waals surface area contributed by atoms with E-state index < -0.39 is 0 Å². The first-order valence-electron chi connectivity index (χ1n) is 11.1. The Labute approximate surface area is 210 Å². The molecule has 0 aromatic heterocycles. The molecule has 0 aliphatic carbocycles. The number of anilines is 1. The number of hydrogen-bond acceptors (Lipinski definition) is 8. The van der Waals surface area contributed by atoms with Crippen molar-refractivity contribution < 1.29 is 28.5 Å². The van der Waals surface area contributed by atoms with Gasteiger partial charge in [-0.1, -0.05) is 12.2 Å². The Kier molecular flexibility index (Phi) is 8.94. The molecular formula is C28H30N2O6. The van der Waals surface area contributed by atoms with Gasteiger partial charge in [-0.05, 0) is 59.7 Å². The number of nitrogens with zero attached hydrogens (tertiary/aromatic N) is 1. The molecule has 0 amide bonds. The highest BCUT2D eigenvalue weighted by Gasteiger charge is 2.14. The molecule has 0 saturated carbocycles. The SMILES string of the molecule is COc1cc(/C=C\c2cc(OC)c(OC)c(OC)c2)cc(N=CCC(=O)c2ccc(N)cc2)c1OC. The number of ether oxygens (including phenoxy) is 5. The van der Waals surface area contributed by atoms with Crippen molar-refractivity contribution in [3.8, 4) is 28.7 Å². The lowest BCUT2D eigenvalue weighted by Crippen LogP contribution is -2.00. The van der Waals surface area contributed by atoms with E-state index in [1.54, 1.807) is 66.0 Å². The van der Waals surface area contributed by atoms with Crippen molar-refractivity contribution in [2.45, 2.75) is 6.42 Å². The summed E-state index contributed by atoms with van der Waals surface area (Å²) in [6, 6.07) is 14.2. The molecule has 0 bridgehead atoms. The summed E-state index contributed by atoms with van der Waals surface area (Å²) in [6.45, 7) is 0. The van der Waals surface area contributed by atoms with Gasteiger partial charge in [-0.2, -0.15) is 0 Å². The minimum absolute atomic E-state index is 0.0665. The first kappa shape index (κ1) is 26.2. The van der Waals surface area contributed by atoms with Gasteiger partial charge in [0.2, 0.25) is 5.75 Å². The second kappa shape index (κ2) is 12.3. The van der Waals surface area contributed by atoms with E-state index in [0.29, 0.717) is 45.7 Å². The van der Waals surface area contributed by atoms with Crippen molar-refractivity contribution in [3.05, 3.63) is 65.2 Å². The van der Waals surface area contributed by atoms with Crippen LogP contribution in [-0.4, -0.2) is 47.5 Å². The van der Waals surface area contributed by atoms with Crippen LogP contribution < -0.4 is 29.4 Å². The zero-order valence-corrected chi connectivity index (χ0v) is 21.0. The third-order valence-electron chi connectivity index (χ3n) is 5.38. The number of nitrogen functional groups attached to an aromatic ring is 1. The van der Waals surface area contributed by atoms with Crippen LogP contribution in [0.1, 0.15) is 27.9 Å². The molecule has 0 heterocycles. The fourth-order valence-electron chi connectivity index (χ4n) is 3.56. The molecule has 0 radical (unpaired) electrons. The van der Waals surface area contributed by atoms with E-state index in [1.807, 2.05) is 36.4 Å². The summed E-state index contributed by atoms with van der Waals surface area (Å²) in [4.78, 5) is 17.0. The average Bonchev–Trinajstić information content (AvgIpc) is 2.90. The van der Waals surface area contributed by atoms with Crippen LogP contribution in [-0.2, 0) is 0 Å². The van der Waals surface area contributed by atoms with Gasteiger partial charge < -0.3 is 29.4 Å². The first-order valence-corrected chi connectivity index (χ1v) is 11.1. The number of benzene rings is 3. The number of ketones is 1. The van der Waals surface area contributed by atoms with Crippen LogP contribution in [0.4, 0.5) is 11.4 Å². The van der Waals surface area contributed by atoms with Gasteiger partial charge in [-0.3, -0.25) is 9.79 Å². The topological polar surface area (TPSA) is 102 Å². The van der Waals surface area contributed by atoms with Crippen molar-refractivity contribution >= 4 is 35.5 Å². The lowest BCUT2D eigenvalue weighted by Gasteiger charge is -2.13. The molecule has 0 fully saturated rings. The molecule has 0 saturated heterocycles. The summed E-state index contributed by atoms with van der Waals surface area (Å²) in [6.07, 6.45) is 5.49. The Morgan fingerprint density at radius 1 is 0.750 bits per heavy atom. The molecular weight excluding hydrogens is 460 g/mol. The highest BCUT2D eigenvalue weighted by Crippen LogP contribution is 2.40. The Balaban J connectivity index is 1.89. The second-order valence-corrected chi connectivity index (χ2v) is 7.63. The highest BCUT2D eigenvalue weighted by atomic mass is 16.5. The van der Waals surface area contributed by atoms with Gasteiger partial charge in [0.1, 0.15) is 5.69 Å². The smallest absolute Gasteiger partial charge is 0.203 e. The second-order valence-electron chi connectivity index (χ2n) is 7.63. The minimum Gasteiger partial charge on any atom is -0.493 e. The standard InChI is InChI=1S/C28H30N2O6/c1-32-24-15-18(6-7-19-16-25(33-2)28(36-5)26(17-19)34-3)14-22(27(24)35-4)30-13-12-23(31)20-8-10-21(29)11-9-20/h6-11,13-17H,12,29H2,1-5H3/b7-6-,30-13?. The lowest BCUT2D eigenvalue weighted by molar-refractivity contribution is 0.100. The lowest BCUT2D eigenvalue weighted by atomic mass is 10.1. The molecule has 0 spiro atoms. The van der Waals surface area contributed by atoms with Crippen molar-refractivity contribution in [3.63, 3.8) is 0 Å². The Bertz CT molecular complexity index is 1240. The van der Waals surface area contributed by atoms with Crippen molar-refractivity contribution in [2.75, 3.05) is 41.3 Å². The quantitative estimate of drug-likeness (QED) is 0.165. The molecule has 36 heavy (non-hydrogen) atoms. The highest BCUT2D eigenvalue weighted by molar-refractivity contribution is 6.04. The minimum atomic E-state index is -0.0665. The first-order chi connectivity index (χ1) is 17.4. The third-order valence-corrected chi connectivity index (χ3v) is 5.38. The number of carbonyl (C=O) groups is 1. The molecule has 3 rings (SSSR count). The third kappa shape index (κ3) is 6.15. The number of nitrogens with two attached hydrogens (primary N) is 1. The number of hydrogen-bond donors (Lipinski definition) is 1. The molecule has 0 aliphatic heterocycles. The summed E-state index contributed by atoms with van der Waals surface area (Å²) in [5.74, 6) is 2.55. The Morgan fingerprint density at radius 2 is 1.25 bits per heavy atom. The van der Waals surface area contributed by atoms with E-state index in [-0.39, 0.29) is 12.2 Å². The molecule has 3 aromatic carbocycles. The number of methoxy groups -OCH3 is 5. The number of Topliss-reactive ketones (excluding diaryl/α,β-unsaturated/α-hetero) is 1. The molecule has 188 valence electrons. The van der Waals surface area contributed by atoms with Crippen molar-refractivity contribution in [2.24, 2.45) is 4.99 Å². The molecule has 3 aromatic rings. The van der Waals surface area contributed by atoms with Crippen molar-refractivity contribution in [1.29, 1.82) is 0 Å². The van der Waals surface area contributed by atoms with Crippen LogP contribution in [0, 0.1) is 0 Å². The van der Waals surface area contributed by atoms with Crippen molar-refractivity contribution in [1.82, 2.24) is 0 Å². The van der Waals surface area contributed by atoms with Gasteiger partial charge in [0.25, 0.3) is 0 Å². The fourth-order valence-corrected chi connectivity index (χ4v) is 3.56. The van der Waals surface area contributed by atoms with Gasteiger partial charge in [0, 0.05) is 23.9 Å². The number of carbonyl (C=O) groups excluding carboxylic acids is 1. The molecule has 8 heteroatoms. The maximum atomic E-state index is 12.5. The van der Waals surface area contributed by atoms with E-state index in [0.717, 1.165) is 11.1 Å². The molecule has 0 unspecified atom stereocenters. The predicted molar refractivity (Wildman–Crippen MR) is 143 cm³/mol. The fraction of sp³-hybridized carbons (Fsp3) is 0.214. The summed E-state index contributed by atoms with van der Waals surface area (Å²) in [5.41, 5.74) is 9.07. The van der Waals surface area contributed by atoms with Crippen LogP contribution in [0.2, 0.25) is 0 Å². The summed E-state index contributed by atoms with van der Waals surface area (Å²) < 4.78 is 27.3. The van der Waals surface area contributed by atoms with Gasteiger partial charge >= 0.3 is 0 Å². The maximum Gasteiger partial charge on any atom is 0.203 e.